The van der Waals surface area contributed by atoms with Crippen LogP contribution in [0.5, 0.6) is 0 Å². The lowest BCUT2D eigenvalue weighted by atomic mass is 10.0. The molecule has 0 saturated carbocycles. The van der Waals surface area contributed by atoms with Gasteiger partial charge < -0.3 is 9.84 Å². The molecule has 1 aliphatic heterocycles. The van der Waals surface area contributed by atoms with Gasteiger partial charge in [0.25, 0.3) is 5.91 Å². The zero-order valence-electron chi connectivity index (χ0n) is 20.1. The number of unbranched alkanes of at least 4 members (excludes halogenated alkanes) is 2. The molecule has 0 aliphatic carbocycles. The Balaban J connectivity index is 1.59. The topological polar surface area (TPSA) is 95.9 Å². The second kappa shape index (κ2) is 12.1. The largest absolute Gasteiger partial charge is 0.459 e. The van der Waals surface area contributed by atoms with Crippen LogP contribution in [0.4, 0.5) is 10.5 Å². The number of carbonyl (C=O) groups excluding carboxylic acids is 3. The van der Waals surface area contributed by atoms with Crippen LogP contribution in [0, 0.1) is 0 Å². The summed E-state index contributed by atoms with van der Waals surface area (Å²) in [5.41, 5.74) is 1.44. The number of carbonyl (C=O) groups is 3. The van der Waals surface area contributed by atoms with Crippen LogP contribution < -0.4 is 10.2 Å². The Bertz CT molecular complexity index is 985. The fourth-order valence-corrected chi connectivity index (χ4v) is 4.97. The van der Waals surface area contributed by atoms with Gasteiger partial charge in [-0.3, -0.25) is 15.0 Å². The van der Waals surface area contributed by atoms with Crippen molar-refractivity contribution in [2.45, 2.75) is 84.0 Å². The second-order valence-electron chi connectivity index (χ2n) is 8.90. The standard InChI is InChI=1S/C26H34N2O5S/c1-4-5-6-10-22(29)18-11-13-19(14-12-18)28-21(24(30)27-26(28)32)9-7-8-20-15-16-23(34-20)25(31)33-17(2)3/h11-17,21-22,29H,4-10H2,1-3H3,(H,27,30,32)/t21-,22-/m0/s1. The van der Waals surface area contributed by atoms with Gasteiger partial charge in [0.1, 0.15) is 10.9 Å². The van der Waals surface area contributed by atoms with Crippen molar-refractivity contribution in [3.63, 3.8) is 0 Å². The molecule has 1 fully saturated rings. The molecule has 1 aliphatic rings. The zero-order chi connectivity index (χ0) is 24.7. The highest BCUT2D eigenvalue weighted by atomic mass is 32.1. The molecule has 1 aromatic carbocycles. The van der Waals surface area contributed by atoms with Crippen molar-refractivity contribution in [1.82, 2.24) is 5.32 Å². The van der Waals surface area contributed by atoms with Crippen molar-refractivity contribution < 1.29 is 24.2 Å². The first-order valence-corrected chi connectivity index (χ1v) is 12.8. The van der Waals surface area contributed by atoms with E-state index in [0.29, 0.717) is 36.2 Å². The number of esters is 1. The summed E-state index contributed by atoms with van der Waals surface area (Å²) >= 11 is 1.40. The van der Waals surface area contributed by atoms with Crippen LogP contribution in [-0.4, -0.2) is 35.2 Å². The van der Waals surface area contributed by atoms with Crippen LogP contribution in [0.1, 0.15) is 85.5 Å². The third-order valence-electron chi connectivity index (χ3n) is 5.81. The number of hydrogen-bond acceptors (Lipinski definition) is 6. The fourth-order valence-electron chi connectivity index (χ4n) is 4.04. The van der Waals surface area contributed by atoms with Crippen LogP contribution in [0.2, 0.25) is 0 Å². The summed E-state index contributed by atoms with van der Waals surface area (Å²) in [6.07, 6.45) is 5.06. The number of thiophene rings is 1. The Morgan fingerprint density at radius 1 is 1.12 bits per heavy atom. The molecule has 2 aromatic rings. The van der Waals surface area contributed by atoms with Gasteiger partial charge in [-0.25, -0.2) is 9.59 Å². The maximum atomic E-state index is 12.5. The number of aliphatic hydroxyl groups is 1. The number of amides is 3. The van der Waals surface area contributed by atoms with E-state index < -0.39 is 18.2 Å². The van der Waals surface area contributed by atoms with Gasteiger partial charge in [-0.1, -0.05) is 38.3 Å². The Morgan fingerprint density at radius 3 is 2.53 bits per heavy atom. The number of anilines is 1. The Labute approximate surface area is 205 Å². The van der Waals surface area contributed by atoms with Crippen molar-refractivity contribution in [3.8, 4) is 0 Å². The first kappa shape index (κ1) is 25.9. The number of nitrogens with one attached hydrogen (secondary N) is 1. The average molecular weight is 487 g/mol. The van der Waals surface area contributed by atoms with Crippen molar-refractivity contribution in [2.75, 3.05) is 4.90 Å². The van der Waals surface area contributed by atoms with E-state index in [0.717, 1.165) is 29.7 Å². The number of rotatable bonds is 12. The lowest BCUT2D eigenvalue weighted by molar-refractivity contribution is -0.120. The predicted molar refractivity (Wildman–Crippen MR) is 133 cm³/mol. The van der Waals surface area contributed by atoms with E-state index in [1.165, 1.54) is 16.2 Å². The SMILES string of the molecule is CCCCC[C@H](O)c1ccc(N2C(=O)NC(=O)[C@@H]2CCCc2ccc(C(=O)OC(C)C)s2)cc1. The van der Waals surface area contributed by atoms with E-state index >= 15 is 0 Å². The molecular weight excluding hydrogens is 452 g/mol. The molecule has 3 rings (SSSR count). The minimum Gasteiger partial charge on any atom is -0.459 e. The van der Waals surface area contributed by atoms with Crippen LogP contribution >= 0.6 is 11.3 Å². The summed E-state index contributed by atoms with van der Waals surface area (Å²) < 4.78 is 5.23. The molecule has 2 N–H and O–H groups in total. The molecule has 0 unspecified atom stereocenters. The molecule has 2 atom stereocenters. The highest BCUT2D eigenvalue weighted by Crippen LogP contribution is 2.28. The first-order valence-electron chi connectivity index (χ1n) is 12.0. The monoisotopic (exact) mass is 486 g/mol. The van der Waals surface area contributed by atoms with Crippen LogP contribution in [0.3, 0.4) is 0 Å². The maximum absolute atomic E-state index is 12.5. The fraction of sp³-hybridized carbons (Fsp3) is 0.500. The van der Waals surface area contributed by atoms with E-state index in [-0.39, 0.29) is 18.0 Å². The maximum Gasteiger partial charge on any atom is 0.348 e. The van der Waals surface area contributed by atoms with Gasteiger partial charge in [-0.2, -0.15) is 0 Å². The van der Waals surface area contributed by atoms with E-state index in [1.54, 1.807) is 18.2 Å². The third-order valence-corrected chi connectivity index (χ3v) is 6.93. The molecule has 34 heavy (non-hydrogen) atoms. The number of ether oxygens (including phenoxy) is 1. The van der Waals surface area contributed by atoms with Gasteiger partial charge in [0.2, 0.25) is 0 Å². The smallest absolute Gasteiger partial charge is 0.348 e. The normalized spacial score (nSPS) is 16.7. The van der Waals surface area contributed by atoms with E-state index in [2.05, 4.69) is 12.2 Å². The van der Waals surface area contributed by atoms with Crippen molar-refractivity contribution in [3.05, 3.63) is 51.7 Å². The Kier molecular flexibility index (Phi) is 9.24. The number of nitrogens with zero attached hydrogens (tertiary/aromatic N) is 1. The molecule has 184 valence electrons. The van der Waals surface area contributed by atoms with Crippen LogP contribution in [0.15, 0.2) is 36.4 Å². The molecule has 2 heterocycles. The van der Waals surface area contributed by atoms with Gasteiger partial charge in [-0.05, 0) is 69.4 Å². The van der Waals surface area contributed by atoms with E-state index in [1.807, 2.05) is 32.0 Å². The lowest BCUT2D eigenvalue weighted by Crippen LogP contribution is -2.35. The predicted octanol–water partition coefficient (Wildman–Crippen LogP) is 5.37. The first-order chi connectivity index (χ1) is 16.3. The van der Waals surface area contributed by atoms with Gasteiger partial charge in [0, 0.05) is 10.6 Å². The van der Waals surface area contributed by atoms with Crippen LogP contribution in [-0.2, 0) is 16.0 Å². The number of aliphatic hydroxyl groups excluding tert-OH is 1. The summed E-state index contributed by atoms with van der Waals surface area (Å²) in [6, 6.07) is 9.87. The minimum atomic E-state index is -0.585. The highest BCUT2D eigenvalue weighted by molar-refractivity contribution is 7.13. The highest BCUT2D eigenvalue weighted by Gasteiger charge is 2.38. The molecule has 1 saturated heterocycles. The second-order valence-corrected chi connectivity index (χ2v) is 10.1. The molecule has 1 aromatic heterocycles. The summed E-state index contributed by atoms with van der Waals surface area (Å²) in [5.74, 6) is -0.627. The molecule has 0 spiro atoms. The van der Waals surface area contributed by atoms with Gasteiger partial charge in [-0.15, -0.1) is 11.3 Å². The molecule has 8 heteroatoms. The van der Waals surface area contributed by atoms with Crippen molar-refractivity contribution in [1.29, 1.82) is 0 Å². The summed E-state index contributed by atoms with van der Waals surface area (Å²) in [6.45, 7) is 5.76. The number of aryl methyl sites for hydroxylation is 1. The average Bonchev–Trinajstić information content (AvgIpc) is 3.38. The molecule has 3 amide bonds. The lowest BCUT2D eigenvalue weighted by Gasteiger charge is -2.22. The number of hydrogen-bond donors (Lipinski definition) is 2. The van der Waals surface area contributed by atoms with E-state index in [9.17, 15) is 19.5 Å². The van der Waals surface area contributed by atoms with Gasteiger partial charge >= 0.3 is 12.0 Å². The Morgan fingerprint density at radius 2 is 1.85 bits per heavy atom. The molecule has 0 bridgehead atoms. The van der Waals surface area contributed by atoms with Gasteiger partial charge in [0.05, 0.1) is 12.2 Å². The summed E-state index contributed by atoms with van der Waals surface area (Å²) in [7, 11) is 0. The molecular formula is C26H34N2O5S. The number of benzene rings is 1. The number of urea groups is 1. The quantitative estimate of drug-likeness (QED) is 0.239. The van der Waals surface area contributed by atoms with E-state index in [4.69, 9.17) is 4.74 Å². The number of imide groups is 1. The van der Waals surface area contributed by atoms with Crippen molar-refractivity contribution >= 4 is 34.9 Å². The van der Waals surface area contributed by atoms with Crippen LogP contribution in [0.25, 0.3) is 0 Å². The Hall–Kier alpha value is -2.71. The minimum absolute atomic E-state index is 0.166. The molecule has 7 nitrogen and oxygen atoms in total. The summed E-state index contributed by atoms with van der Waals surface area (Å²) in [5, 5.41) is 12.8. The zero-order valence-corrected chi connectivity index (χ0v) is 20.9. The van der Waals surface area contributed by atoms with Gasteiger partial charge in [0.15, 0.2) is 0 Å². The molecule has 0 radical (unpaired) electrons. The third kappa shape index (κ3) is 6.67. The van der Waals surface area contributed by atoms with Crippen molar-refractivity contribution in [2.24, 2.45) is 0 Å². The summed E-state index contributed by atoms with van der Waals surface area (Å²) in [4.78, 5) is 40.1.